The number of ether oxygens (including phenoxy) is 1. The van der Waals surface area contributed by atoms with Crippen LogP contribution in [-0.4, -0.2) is 27.3 Å². The highest BCUT2D eigenvalue weighted by Crippen LogP contribution is 2.22. The van der Waals surface area contributed by atoms with Gasteiger partial charge in [-0.3, -0.25) is 25.2 Å². The number of halogens is 1. The number of hydrogen-bond donors (Lipinski definition) is 3. The summed E-state index contributed by atoms with van der Waals surface area (Å²) in [6, 6.07) is 19.2. The van der Waals surface area contributed by atoms with Crippen molar-refractivity contribution in [3.63, 3.8) is 0 Å². The molecule has 0 saturated heterocycles. The van der Waals surface area contributed by atoms with Crippen LogP contribution in [-0.2, 0) is 10.0 Å². The lowest BCUT2D eigenvalue weighted by atomic mass is 10.2. The van der Waals surface area contributed by atoms with Crippen LogP contribution in [0.25, 0.3) is 6.08 Å². The van der Waals surface area contributed by atoms with E-state index >= 15 is 0 Å². The fourth-order valence-corrected chi connectivity index (χ4v) is 3.77. The van der Waals surface area contributed by atoms with E-state index in [9.17, 15) is 18.0 Å². The van der Waals surface area contributed by atoms with E-state index in [0.717, 1.165) is 11.0 Å². The first kappa shape index (κ1) is 23.8. The van der Waals surface area contributed by atoms with Gasteiger partial charge in [0.15, 0.2) is 0 Å². The number of anilines is 1. The zero-order valence-electron chi connectivity index (χ0n) is 17.4. The second-order valence-corrected chi connectivity index (χ2v) is 8.69. The van der Waals surface area contributed by atoms with Crippen molar-refractivity contribution in [3.05, 3.63) is 99.9 Å². The van der Waals surface area contributed by atoms with Gasteiger partial charge in [0.25, 0.3) is 21.8 Å². The molecule has 0 aromatic heterocycles. The second-order valence-electron chi connectivity index (χ2n) is 6.69. The molecular formula is C23H20ClN3O5S. The maximum Gasteiger partial charge on any atom is 0.273 e. The third kappa shape index (κ3) is 6.83. The molecule has 0 bridgehead atoms. The Labute approximate surface area is 196 Å². The van der Waals surface area contributed by atoms with Gasteiger partial charge < -0.3 is 4.74 Å². The Morgan fingerprint density at radius 3 is 2.24 bits per heavy atom. The van der Waals surface area contributed by atoms with Crippen molar-refractivity contribution in [2.45, 2.75) is 0 Å². The van der Waals surface area contributed by atoms with Crippen LogP contribution in [0.3, 0.4) is 0 Å². The van der Waals surface area contributed by atoms with Gasteiger partial charge in [-0.05, 0) is 54.1 Å². The van der Waals surface area contributed by atoms with Crippen LogP contribution >= 0.6 is 11.6 Å². The molecule has 3 N–H and O–H groups in total. The lowest BCUT2D eigenvalue weighted by molar-refractivity contribution is 0.0845. The maximum atomic E-state index is 12.3. The van der Waals surface area contributed by atoms with Gasteiger partial charge in [-0.25, -0.2) is 8.42 Å². The molecule has 0 atom stereocenters. The summed E-state index contributed by atoms with van der Waals surface area (Å²) in [6.45, 7) is 0. The smallest absolute Gasteiger partial charge is 0.273 e. The number of amides is 2. The Morgan fingerprint density at radius 2 is 1.58 bits per heavy atom. The van der Waals surface area contributed by atoms with Crippen molar-refractivity contribution in [2.75, 3.05) is 11.8 Å². The molecule has 0 aliphatic heterocycles. The first-order chi connectivity index (χ1) is 15.8. The van der Waals surface area contributed by atoms with Crippen molar-refractivity contribution in [3.8, 4) is 5.75 Å². The third-order valence-corrected chi connectivity index (χ3v) is 5.59. The number of sulfonamides is 1. The molecule has 2 amide bonds. The van der Waals surface area contributed by atoms with Crippen molar-refractivity contribution >= 4 is 45.2 Å². The van der Waals surface area contributed by atoms with Gasteiger partial charge in [0.2, 0.25) is 0 Å². The molecule has 0 spiro atoms. The van der Waals surface area contributed by atoms with Crippen molar-refractivity contribution < 1.29 is 22.7 Å². The van der Waals surface area contributed by atoms with Gasteiger partial charge in [0, 0.05) is 16.3 Å². The number of carbonyl (C=O) groups is 2. The van der Waals surface area contributed by atoms with Crippen LogP contribution in [0.4, 0.5) is 5.69 Å². The second kappa shape index (κ2) is 10.7. The molecule has 33 heavy (non-hydrogen) atoms. The number of hydrazine groups is 1. The number of benzene rings is 3. The zero-order valence-corrected chi connectivity index (χ0v) is 19.0. The fourth-order valence-electron chi connectivity index (χ4n) is 2.73. The maximum absolute atomic E-state index is 12.3. The first-order valence-corrected chi connectivity index (χ1v) is 11.5. The van der Waals surface area contributed by atoms with Gasteiger partial charge in [0.05, 0.1) is 18.1 Å². The van der Waals surface area contributed by atoms with E-state index in [4.69, 9.17) is 16.3 Å². The minimum Gasteiger partial charge on any atom is -0.496 e. The van der Waals surface area contributed by atoms with Gasteiger partial charge in [-0.1, -0.05) is 41.9 Å². The van der Waals surface area contributed by atoms with Crippen molar-refractivity contribution in [1.29, 1.82) is 0 Å². The third-order valence-electron chi connectivity index (χ3n) is 4.34. The van der Waals surface area contributed by atoms with E-state index in [1.165, 1.54) is 49.6 Å². The summed E-state index contributed by atoms with van der Waals surface area (Å²) in [5.41, 5.74) is 5.95. The molecule has 0 unspecified atom stereocenters. The Morgan fingerprint density at radius 1 is 0.909 bits per heavy atom. The normalized spacial score (nSPS) is 11.1. The number of methoxy groups -OCH3 is 1. The van der Waals surface area contributed by atoms with E-state index in [-0.39, 0.29) is 16.8 Å². The van der Waals surface area contributed by atoms with Gasteiger partial charge in [-0.2, -0.15) is 0 Å². The molecule has 0 heterocycles. The quantitative estimate of drug-likeness (QED) is 0.440. The number of hydrogen-bond acceptors (Lipinski definition) is 5. The molecule has 0 aliphatic carbocycles. The van der Waals surface area contributed by atoms with E-state index in [0.29, 0.717) is 10.8 Å². The molecule has 0 fully saturated rings. The molecule has 0 saturated carbocycles. The standard InChI is InChI=1S/C23H20ClN3O5S/c1-32-21-12-9-18(24)15-20(21)23(29)26-25-22(28)17-7-10-19(11-8-17)27-33(30,31)14-13-16-5-3-2-4-6-16/h2-15,27H,1H3,(H,25,28)(H,26,29). The van der Waals surface area contributed by atoms with Crippen LogP contribution in [0.5, 0.6) is 5.75 Å². The van der Waals surface area contributed by atoms with Crippen LogP contribution < -0.4 is 20.3 Å². The Balaban J connectivity index is 1.59. The highest BCUT2D eigenvalue weighted by molar-refractivity contribution is 7.95. The average molecular weight is 486 g/mol. The summed E-state index contributed by atoms with van der Waals surface area (Å²) in [5, 5.41) is 1.40. The average Bonchev–Trinajstić information content (AvgIpc) is 2.82. The molecule has 3 aromatic rings. The summed E-state index contributed by atoms with van der Waals surface area (Å²) in [6.07, 6.45) is 1.47. The number of carbonyl (C=O) groups excluding carboxylic acids is 2. The Hall–Kier alpha value is -3.82. The van der Waals surface area contributed by atoms with E-state index in [1.807, 2.05) is 6.07 Å². The number of nitrogens with one attached hydrogen (secondary N) is 3. The molecule has 10 heteroatoms. The van der Waals surface area contributed by atoms with E-state index < -0.39 is 21.8 Å². The number of rotatable bonds is 7. The Bertz CT molecular complexity index is 1280. The van der Waals surface area contributed by atoms with Crippen LogP contribution in [0.15, 0.2) is 78.2 Å². The van der Waals surface area contributed by atoms with Crippen LogP contribution in [0.2, 0.25) is 5.02 Å². The van der Waals surface area contributed by atoms with Crippen molar-refractivity contribution in [2.24, 2.45) is 0 Å². The minimum absolute atomic E-state index is 0.151. The summed E-state index contributed by atoms with van der Waals surface area (Å²) < 4.78 is 32.0. The molecule has 3 aromatic carbocycles. The minimum atomic E-state index is -3.74. The van der Waals surface area contributed by atoms with E-state index in [1.54, 1.807) is 30.3 Å². The molecule has 0 aliphatic rings. The molecule has 8 nitrogen and oxygen atoms in total. The lowest BCUT2D eigenvalue weighted by Gasteiger charge is -2.11. The van der Waals surface area contributed by atoms with E-state index in [2.05, 4.69) is 15.6 Å². The highest BCUT2D eigenvalue weighted by Gasteiger charge is 2.15. The largest absolute Gasteiger partial charge is 0.496 e. The predicted octanol–water partition coefficient (Wildman–Crippen LogP) is 3.84. The van der Waals surface area contributed by atoms with Gasteiger partial charge in [-0.15, -0.1) is 0 Å². The highest BCUT2D eigenvalue weighted by atomic mass is 35.5. The SMILES string of the molecule is COc1ccc(Cl)cc1C(=O)NNC(=O)c1ccc(NS(=O)(=O)C=Cc2ccccc2)cc1. The molecule has 3 rings (SSSR count). The van der Waals surface area contributed by atoms with Crippen LogP contribution in [0, 0.1) is 0 Å². The van der Waals surface area contributed by atoms with Crippen LogP contribution in [0.1, 0.15) is 26.3 Å². The summed E-state index contributed by atoms with van der Waals surface area (Å²) in [7, 11) is -2.33. The summed E-state index contributed by atoms with van der Waals surface area (Å²) >= 11 is 5.91. The van der Waals surface area contributed by atoms with Crippen molar-refractivity contribution in [1.82, 2.24) is 10.9 Å². The summed E-state index contributed by atoms with van der Waals surface area (Å²) in [4.78, 5) is 24.7. The molecular weight excluding hydrogens is 466 g/mol. The van der Waals surface area contributed by atoms with Gasteiger partial charge in [0.1, 0.15) is 5.75 Å². The molecule has 0 radical (unpaired) electrons. The zero-order chi connectivity index (χ0) is 23.8. The first-order valence-electron chi connectivity index (χ1n) is 9.57. The topological polar surface area (TPSA) is 114 Å². The monoisotopic (exact) mass is 485 g/mol. The predicted molar refractivity (Wildman–Crippen MR) is 127 cm³/mol. The fraction of sp³-hybridized carbons (Fsp3) is 0.0435. The lowest BCUT2D eigenvalue weighted by Crippen LogP contribution is -2.41. The Kier molecular flexibility index (Phi) is 7.70. The summed E-state index contributed by atoms with van der Waals surface area (Å²) in [5.74, 6) is -0.913. The molecule has 170 valence electrons. The van der Waals surface area contributed by atoms with Gasteiger partial charge >= 0.3 is 0 Å².